The third-order valence-electron chi connectivity index (χ3n) is 4.41. The number of aryl methyl sites for hydroxylation is 2. The maximum atomic E-state index is 13.1. The van der Waals surface area contributed by atoms with Crippen molar-refractivity contribution in [1.82, 2.24) is 0 Å². The van der Waals surface area contributed by atoms with Crippen molar-refractivity contribution in [3.05, 3.63) is 71.8 Å². The molecule has 0 unspecified atom stereocenters. The topological polar surface area (TPSA) is 120 Å². The Hall–Kier alpha value is -2.84. The van der Waals surface area contributed by atoms with E-state index in [-0.39, 0.29) is 26.1 Å². The van der Waals surface area contributed by atoms with E-state index in [1.807, 2.05) is 13.8 Å². The number of benzene rings is 3. The van der Waals surface area contributed by atoms with Crippen LogP contribution in [0.4, 0.5) is 11.4 Å². The monoisotopic (exact) mass is 416 g/mol. The lowest BCUT2D eigenvalue weighted by molar-refractivity contribution is 0.595. The molecule has 0 bridgehead atoms. The number of anilines is 2. The van der Waals surface area contributed by atoms with E-state index >= 15 is 0 Å². The normalized spacial score (nSPS) is 12.1. The molecule has 4 N–H and O–H groups in total. The van der Waals surface area contributed by atoms with Gasteiger partial charge < -0.3 is 11.5 Å². The van der Waals surface area contributed by atoms with Crippen LogP contribution < -0.4 is 11.5 Å². The van der Waals surface area contributed by atoms with Gasteiger partial charge in [0.1, 0.15) is 4.90 Å². The Balaban J connectivity index is 2.23. The van der Waals surface area contributed by atoms with Crippen LogP contribution in [0.2, 0.25) is 0 Å². The fourth-order valence-electron chi connectivity index (χ4n) is 2.81. The highest BCUT2D eigenvalue weighted by Crippen LogP contribution is 2.37. The van der Waals surface area contributed by atoms with Crippen LogP contribution in [0.3, 0.4) is 0 Å². The largest absolute Gasteiger partial charge is 0.398 e. The molecule has 0 heterocycles. The Morgan fingerprint density at radius 3 is 1.50 bits per heavy atom. The summed E-state index contributed by atoms with van der Waals surface area (Å²) >= 11 is 0. The van der Waals surface area contributed by atoms with Crippen LogP contribution in [-0.4, -0.2) is 16.8 Å². The zero-order chi connectivity index (χ0) is 20.7. The summed E-state index contributed by atoms with van der Waals surface area (Å²) < 4.78 is 52.2. The summed E-state index contributed by atoms with van der Waals surface area (Å²) in [6.07, 6.45) is 0. The summed E-state index contributed by atoms with van der Waals surface area (Å²) in [5, 5.41) is 0. The number of nitrogen functional groups attached to an aromatic ring is 2. The van der Waals surface area contributed by atoms with Gasteiger partial charge in [0.05, 0.1) is 26.1 Å². The third kappa shape index (κ3) is 3.36. The fourth-order valence-corrected chi connectivity index (χ4v) is 5.77. The lowest BCUT2D eigenvalue weighted by Gasteiger charge is -2.15. The highest BCUT2D eigenvalue weighted by molar-refractivity contribution is 7.92. The first-order valence-corrected chi connectivity index (χ1v) is 11.3. The highest BCUT2D eigenvalue weighted by Gasteiger charge is 2.29. The van der Waals surface area contributed by atoms with Gasteiger partial charge in [-0.25, -0.2) is 16.8 Å². The van der Waals surface area contributed by atoms with E-state index in [4.69, 9.17) is 11.5 Å². The Morgan fingerprint density at radius 1 is 0.607 bits per heavy atom. The van der Waals surface area contributed by atoms with E-state index in [0.29, 0.717) is 0 Å². The molecule has 0 aliphatic rings. The van der Waals surface area contributed by atoms with Crippen molar-refractivity contribution >= 4 is 31.0 Å². The Morgan fingerprint density at radius 2 is 1.04 bits per heavy atom. The van der Waals surface area contributed by atoms with Crippen molar-refractivity contribution in [3.8, 4) is 0 Å². The third-order valence-corrected chi connectivity index (χ3v) is 8.12. The Kier molecular flexibility index (Phi) is 4.95. The van der Waals surface area contributed by atoms with Crippen molar-refractivity contribution in [2.75, 3.05) is 11.5 Å². The van der Waals surface area contributed by atoms with Crippen molar-refractivity contribution in [3.63, 3.8) is 0 Å². The summed E-state index contributed by atoms with van der Waals surface area (Å²) in [7, 11) is -8.12. The van der Waals surface area contributed by atoms with Crippen molar-refractivity contribution in [2.45, 2.75) is 33.4 Å². The van der Waals surface area contributed by atoms with Gasteiger partial charge in [0.25, 0.3) is 0 Å². The van der Waals surface area contributed by atoms with Crippen LogP contribution >= 0.6 is 0 Å². The molecule has 0 amide bonds. The fraction of sp³-hybridized carbons (Fsp3) is 0.100. The summed E-state index contributed by atoms with van der Waals surface area (Å²) in [6.45, 7) is 3.66. The highest BCUT2D eigenvalue weighted by atomic mass is 32.2. The molecule has 0 spiro atoms. The van der Waals surface area contributed by atoms with Gasteiger partial charge in [-0.1, -0.05) is 35.4 Å². The molecule has 0 aliphatic heterocycles. The van der Waals surface area contributed by atoms with E-state index in [2.05, 4.69) is 0 Å². The molecule has 0 radical (unpaired) electrons. The number of nitrogens with two attached hydrogens (primary N) is 2. The lowest BCUT2D eigenvalue weighted by Crippen LogP contribution is -2.13. The Bertz CT molecular complexity index is 1250. The standard InChI is InChI=1S/C20H20N2O4S2/c1-13-3-7-15(8-4-13)27(23,24)18-12-11-17(21)20(19(18)22)28(25,26)16-9-5-14(2)6-10-16/h3-12H,21-22H2,1-2H3. The van der Waals surface area contributed by atoms with Gasteiger partial charge in [0.2, 0.25) is 19.7 Å². The molecule has 3 rings (SSSR count). The molecule has 0 saturated heterocycles. The molecule has 0 aromatic heterocycles. The van der Waals surface area contributed by atoms with E-state index in [9.17, 15) is 16.8 Å². The van der Waals surface area contributed by atoms with Crippen molar-refractivity contribution in [1.29, 1.82) is 0 Å². The molecule has 6 nitrogen and oxygen atoms in total. The molecule has 0 atom stereocenters. The van der Waals surface area contributed by atoms with Gasteiger partial charge >= 0.3 is 0 Å². The lowest BCUT2D eigenvalue weighted by atomic mass is 10.2. The van der Waals surface area contributed by atoms with E-state index in [1.54, 1.807) is 24.3 Å². The summed E-state index contributed by atoms with van der Waals surface area (Å²) in [5.74, 6) is 0. The molecule has 28 heavy (non-hydrogen) atoms. The zero-order valence-electron chi connectivity index (χ0n) is 15.4. The second-order valence-corrected chi connectivity index (χ2v) is 10.3. The molecular weight excluding hydrogens is 396 g/mol. The van der Waals surface area contributed by atoms with Gasteiger partial charge in [-0.3, -0.25) is 0 Å². The maximum Gasteiger partial charge on any atom is 0.210 e. The molecular formula is C20H20N2O4S2. The first-order valence-electron chi connectivity index (χ1n) is 8.36. The van der Waals surface area contributed by atoms with Crippen LogP contribution in [0, 0.1) is 13.8 Å². The second-order valence-electron chi connectivity index (χ2n) is 6.53. The van der Waals surface area contributed by atoms with Gasteiger partial charge in [-0.05, 0) is 50.2 Å². The van der Waals surface area contributed by atoms with E-state index < -0.39 is 24.6 Å². The average Bonchev–Trinajstić information content (AvgIpc) is 2.62. The van der Waals surface area contributed by atoms with Crippen LogP contribution in [0.5, 0.6) is 0 Å². The molecule has 8 heteroatoms. The van der Waals surface area contributed by atoms with E-state index in [0.717, 1.165) is 11.1 Å². The predicted molar refractivity (Wildman–Crippen MR) is 109 cm³/mol. The molecule has 0 aliphatic carbocycles. The number of sulfone groups is 2. The minimum absolute atomic E-state index is 0.0126. The van der Waals surface area contributed by atoms with Crippen LogP contribution in [-0.2, 0) is 19.7 Å². The second kappa shape index (κ2) is 6.96. The Labute approximate surface area is 164 Å². The number of hydrogen-bond acceptors (Lipinski definition) is 6. The SMILES string of the molecule is Cc1ccc(S(=O)(=O)c2ccc(N)c(S(=O)(=O)c3ccc(C)cc3)c2N)cc1. The molecule has 3 aromatic rings. The van der Waals surface area contributed by atoms with Gasteiger partial charge in [-0.15, -0.1) is 0 Å². The summed E-state index contributed by atoms with van der Waals surface area (Å²) in [6, 6.07) is 14.9. The summed E-state index contributed by atoms with van der Waals surface area (Å²) in [5.41, 5.74) is 13.2. The quantitative estimate of drug-likeness (QED) is 0.631. The predicted octanol–water partition coefficient (Wildman–Crippen LogP) is 3.13. The zero-order valence-corrected chi connectivity index (χ0v) is 17.0. The molecule has 0 saturated carbocycles. The van der Waals surface area contributed by atoms with Crippen molar-refractivity contribution < 1.29 is 16.8 Å². The van der Waals surface area contributed by atoms with Crippen LogP contribution in [0.1, 0.15) is 11.1 Å². The van der Waals surface area contributed by atoms with Crippen LogP contribution in [0.15, 0.2) is 80.2 Å². The first-order chi connectivity index (χ1) is 13.0. The summed E-state index contributed by atoms with van der Waals surface area (Å²) in [4.78, 5) is -0.685. The van der Waals surface area contributed by atoms with Crippen molar-refractivity contribution in [2.24, 2.45) is 0 Å². The molecule has 146 valence electrons. The number of hydrogen-bond donors (Lipinski definition) is 2. The number of rotatable bonds is 4. The minimum Gasteiger partial charge on any atom is -0.398 e. The van der Waals surface area contributed by atoms with Gasteiger partial charge in [-0.2, -0.15) is 0 Å². The van der Waals surface area contributed by atoms with E-state index in [1.165, 1.54) is 36.4 Å². The molecule has 3 aromatic carbocycles. The minimum atomic E-state index is -4.10. The average molecular weight is 417 g/mol. The van der Waals surface area contributed by atoms with Gasteiger partial charge in [0, 0.05) is 0 Å². The van der Waals surface area contributed by atoms with Crippen LogP contribution in [0.25, 0.3) is 0 Å². The van der Waals surface area contributed by atoms with Gasteiger partial charge in [0.15, 0.2) is 0 Å². The first kappa shape index (κ1) is 19.9. The molecule has 0 fully saturated rings. The smallest absolute Gasteiger partial charge is 0.210 e. The maximum absolute atomic E-state index is 13.1.